The van der Waals surface area contributed by atoms with E-state index in [0.717, 1.165) is 51.9 Å². The summed E-state index contributed by atoms with van der Waals surface area (Å²) in [4.78, 5) is 95.6. The third kappa shape index (κ3) is 19.6. The molecule has 0 unspecified atom stereocenters. The average Bonchev–Trinajstić information content (AvgIpc) is 3.14. The van der Waals surface area contributed by atoms with Gasteiger partial charge < -0.3 is 56.9 Å². The van der Waals surface area contributed by atoms with Gasteiger partial charge in [0.2, 0.25) is 29.5 Å². The molecule has 1 aromatic rings. The zero-order valence-electron chi connectivity index (χ0n) is 30.3. The quantitative estimate of drug-likeness (QED) is 0.0427. The van der Waals surface area contributed by atoms with Crippen LogP contribution in [0.15, 0.2) is 24.3 Å². The molecule has 0 bridgehead atoms. The van der Waals surface area contributed by atoms with E-state index >= 15 is 0 Å². The highest BCUT2D eigenvalue weighted by Gasteiger charge is 2.28. The molecule has 0 radical (unpaired) electrons. The van der Waals surface area contributed by atoms with Crippen LogP contribution in [-0.4, -0.2) is 130 Å². The number of carbonyl (C=O) groups is 8. The van der Waals surface area contributed by atoms with Crippen molar-refractivity contribution in [2.24, 2.45) is 0 Å². The smallest absolute Gasteiger partial charge is 0.335 e. The van der Waals surface area contributed by atoms with E-state index in [1.54, 1.807) is 12.1 Å². The normalized spacial score (nSPS) is 13.0. The number of Topliss-reactive ketones (excluding diaryl/α,β-unsaturated/α-hetero) is 1. The number of hydrogen-bond acceptors (Lipinski definition) is 12. The van der Waals surface area contributed by atoms with Gasteiger partial charge in [0.25, 0.3) is 0 Å². The number of aliphatic hydroxyl groups is 3. The molecule has 0 heterocycles. The molecule has 1 rings (SSSR count). The molecule has 0 spiro atoms. The Hall–Kier alpha value is -5.14. The zero-order chi connectivity index (χ0) is 40.5. The minimum atomic E-state index is -1.60. The summed E-state index contributed by atoms with van der Waals surface area (Å²) in [6.07, 6.45) is 6.38. The molecule has 10 N–H and O–H groups in total. The van der Waals surface area contributed by atoms with Crippen LogP contribution in [0.1, 0.15) is 87.9 Å². The number of amides is 5. The van der Waals surface area contributed by atoms with Crippen LogP contribution in [0.3, 0.4) is 0 Å². The fourth-order valence-electron chi connectivity index (χ4n) is 4.87. The van der Waals surface area contributed by atoms with Gasteiger partial charge in [0, 0.05) is 12.8 Å². The van der Waals surface area contributed by atoms with E-state index in [1.165, 1.54) is 12.1 Å². The van der Waals surface area contributed by atoms with Gasteiger partial charge in [-0.2, -0.15) is 0 Å². The lowest BCUT2D eigenvalue weighted by atomic mass is 10.1. The lowest BCUT2D eigenvalue weighted by Crippen LogP contribution is -2.57. The van der Waals surface area contributed by atoms with Gasteiger partial charge in [-0.05, 0) is 50.5 Å². The highest BCUT2D eigenvalue weighted by Crippen LogP contribution is 2.14. The van der Waals surface area contributed by atoms with Crippen molar-refractivity contribution in [3.8, 4) is 5.75 Å². The highest BCUT2D eigenvalue weighted by atomic mass is 16.5. The lowest BCUT2D eigenvalue weighted by Gasteiger charge is -2.21. The Morgan fingerprint density at radius 3 is 1.63 bits per heavy atom. The average molecular weight is 768 g/mol. The number of rotatable bonds is 29. The first-order valence-corrected chi connectivity index (χ1v) is 17.7. The molecule has 0 aliphatic rings. The Labute approximate surface area is 312 Å². The van der Waals surface area contributed by atoms with Crippen LogP contribution in [0.5, 0.6) is 5.75 Å². The van der Waals surface area contributed by atoms with E-state index in [1.807, 2.05) is 0 Å². The van der Waals surface area contributed by atoms with E-state index in [9.17, 15) is 53.7 Å². The molecular weight excluding hydrogens is 714 g/mol. The summed E-state index contributed by atoms with van der Waals surface area (Å²) in [6.45, 7) is -1.50. The molecule has 19 heteroatoms. The molecular formula is C35H53N5O14. The maximum absolute atomic E-state index is 12.6. The van der Waals surface area contributed by atoms with Gasteiger partial charge in [-0.25, -0.2) is 9.59 Å². The van der Waals surface area contributed by atoms with Gasteiger partial charge in [-0.15, -0.1) is 0 Å². The van der Waals surface area contributed by atoms with Crippen molar-refractivity contribution in [2.45, 2.75) is 102 Å². The van der Waals surface area contributed by atoms with E-state index in [-0.39, 0.29) is 18.4 Å². The second-order valence-electron chi connectivity index (χ2n) is 12.4. The maximum Gasteiger partial charge on any atom is 0.335 e. The van der Waals surface area contributed by atoms with Crippen LogP contribution in [0, 0.1) is 0 Å². The molecule has 0 saturated carbocycles. The van der Waals surface area contributed by atoms with E-state index in [2.05, 4.69) is 26.6 Å². The molecule has 54 heavy (non-hydrogen) atoms. The molecule has 5 amide bonds. The van der Waals surface area contributed by atoms with E-state index in [0.29, 0.717) is 18.8 Å². The van der Waals surface area contributed by atoms with Crippen LogP contribution in [0.2, 0.25) is 0 Å². The molecule has 0 aliphatic carbocycles. The summed E-state index contributed by atoms with van der Waals surface area (Å²) >= 11 is 0. The predicted octanol–water partition coefficient (Wildman–Crippen LogP) is -1.24. The Balaban J connectivity index is 2.31. The fourth-order valence-corrected chi connectivity index (χ4v) is 4.87. The molecule has 19 nitrogen and oxygen atoms in total. The summed E-state index contributed by atoms with van der Waals surface area (Å²) in [6, 6.07) is 0.477. The molecule has 0 fully saturated rings. The summed E-state index contributed by atoms with van der Waals surface area (Å²) in [7, 11) is 0. The first kappa shape index (κ1) is 46.9. The minimum Gasteiger partial charge on any atom is -0.494 e. The highest BCUT2D eigenvalue weighted by molar-refractivity contribution is 5.94. The predicted molar refractivity (Wildman–Crippen MR) is 190 cm³/mol. The number of ether oxygens (including phenoxy) is 1. The second kappa shape index (κ2) is 26.6. The van der Waals surface area contributed by atoms with Gasteiger partial charge in [0.15, 0.2) is 5.78 Å². The Morgan fingerprint density at radius 2 is 1.09 bits per heavy atom. The van der Waals surface area contributed by atoms with Crippen LogP contribution < -0.4 is 31.3 Å². The Bertz CT molecular complexity index is 1390. The van der Waals surface area contributed by atoms with Crippen molar-refractivity contribution >= 4 is 47.3 Å². The number of hydrogen-bond donors (Lipinski definition) is 10. The second-order valence-corrected chi connectivity index (χ2v) is 12.4. The molecule has 302 valence electrons. The monoisotopic (exact) mass is 767 g/mol. The lowest BCUT2D eigenvalue weighted by molar-refractivity contribution is -0.142. The van der Waals surface area contributed by atoms with Crippen molar-refractivity contribution in [3.63, 3.8) is 0 Å². The molecule has 0 aromatic heterocycles. The van der Waals surface area contributed by atoms with Crippen LogP contribution in [-0.2, 0) is 33.6 Å². The summed E-state index contributed by atoms with van der Waals surface area (Å²) in [5.41, 5.74) is 0.199. The van der Waals surface area contributed by atoms with Crippen molar-refractivity contribution in [3.05, 3.63) is 29.8 Å². The van der Waals surface area contributed by atoms with Crippen molar-refractivity contribution in [1.29, 1.82) is 0 Å². The summed E-state index contributed by atoms with van der Waals surface area (Å²) in [5.74, 6) is -6.51. The largest absolute Gasteiger partial charge is 0.494 e. The minimum absolute atomic E-state index is 0.0966. The van der Waals surface area contributed by atoms with Gasteiger partial charge in [0.1, 0.15) is 29.9 Å². The third-order valence-electron chi connectivity index (χ3n) is 8.04. The number of ketones is 1. The third-order valence-corrected chi connectivity index (χ3v) is 8.04. The maximum atomic E-state index is 12.6. The van der Waals surface area contributed by atoms with Crippen molar-refractivity contribution in [2.75, 3.05) is 33.0 Å². The number of benzene rings is 1. The van der Waals surface area contributed by atoms with Gasteiger partial charge in [0.05, 0.1) is 38.5 Å². The summed E-state index contributed by atoms with van der Waals surface area (Å²) in [5, 5.41) is 57.7. The summed E-state index contributed by atoms with van der Waals surface area (Å²) < 4.78 is 5.62. The first-order chi connectivity index (χ1) is 25.7. The molecule has 4 atom stereocenters. The molecule has 0 aliphatic heterocycles. The van der Waals surface area contributed by atoms with Gasteiger partial charge in [-0.1, -0.05) is 38.5 Å². The number of carbonyl (C=O) groups excluding carboxylic acids is 6. The zero-order valence-corrected chi connectivity index (χ0v) is 30.3. The Morgan fingerprint density at radius 1 is 0.593 bits per heavy atom. The van der Waals surface area contributed by atoms with Crippen LogP contribution >= 0.6 is 0 Å². The van der Waals surface area contributed by atoms with Gasteiger partial charge >= 0.3 is 11.9 Å². The number of carboxylic acid groups (broad SMARTS) is 2. The van der Waals surface area contributed by atoms with Crippen molar-refractivity contribution in [1.82, 2.24) is 26.6 Å². The Kier molecular flexibility index (Phi) is 23.1. The number of nitrogens with one attached hydrogen (secondary N) is 5. The standard InChI is InChI=1S/C35H53N5O14/c1-22(44)26(19-41)38-31(47)18-36-32(48)27(20-42)40-33(49)28(21-43)39-30(46)16-15-25(35(52)53)37-29(45)10-8-6-4-2-3-5-7-9-17-54-24-13-11-23(12-14-24)34(50)51/h11-14,25-28,41-43H,2-10,15-21H2,1H3,(H,36,48)(H,37,45)(H,38,47)(H,39,46)(H,40,49)(H,50,51)(H,52,53)/t25-,26-,27-,28-/m0/s1. The fraction of sp³-hybridized carbons (Fsp3) is 0.600. The van der Waals surface area contributed by atoms with Crippen molar-refractivity contribution < 1.29 is 68.6 Å². The molecule has 1 aromatic carbocycles. The number of carboxylic acids is 2. The molecule has 0 saturated heterocycles. The number of aliphatic hydroxyl groups excluding tert-OH is 3. The SMILES string of the molecule is CC(=O)[C@H](CO)NC(=O)CNC(=O)[C@H](CO)NC(=O)[C@H](CO)NC(=O)CC[C@H](NC(=O)CCCCCCCCCCOc1ccc(C(=O)O)cc1)C(=O)O. The van der Waals surface area contributed by atoms with E-state index in [4.69, 9.17) is 14.9 Å². The van der Waals surface area contributed by atoms with E-state index < -0.39 is 104 Å². The topological polar surface area (TPSA) is 307 Å². The first-order valence-electron chi connectivity index (χ1n) is 17.7. The van der Waals surface area contributed by atoms with Gasteiger partial charge in [-0.3, -0.25) is 28.8 Å². The van der Waals surface area contributed by atoms with Crippen LogP contribution in [0.25, 0.3) is 0 Å². The number of unbranched alkanes of at least 4 members (excludes halogenated alkanes) is 7. The number of aliphatic carboxylic acids is 1. The number of aromatic carboxylic acids is 1. The van der Waals surface area contributed by atoms with Crippen LogP contribution in [0.4, 0.5) is 0 Å².